The molecule has 2 aromatic carbocycles. The van der Waals surface area contributed by atoms with Crippen LogP contribution in [-0.2, 0) is 10.0 Å². The molecule has 0 saturated heterocycles. The summed E-state index contributed by atoms with van der Waals surface area (Å²) in [6.07, 6.45) is 0. The molecule has 0 spiro atoms. The number of sulfonamides is 1. The van der Waals surface area contributed by atoms with E-state index in [4.69, 9.17) is 4.74 Å². The van der Waals surface area contributed by atoms with Gasteiger partial charge < -0.3 is 10.1 Å². The Balaban J connectivity index is 1.76. The van der Waals surface area contributed by atoms with Crippen molar-refractivity contribution in [2.24, 2.45) is 0 Å². The first-order valence-electron chi connectivity index (χ1n) is 8.07. The van der Waals surface area contributed by atoms with Crippen LogP contribution in [0, 0.1) is 6.92 Å². The third-order valence-corrected chi connectivity index (χ3v) is 6.38. The zero-order valence-electron chi connectivity index (χ0n) is 14.7. The van der Waals surface area contributed by atoms with Gasteiger partial charge in [0.1, 0.15) is 16.4 Å². The van der Waals surface area contributed by atoms with E-state index in [1.165, 1.54) is 13.1 Å². The van der Waals surface area contributed by atoms with Gasteiger partial charge in [-0.15, -0.1) is 11.3 Å². The first-order chi connectivity index (χ1) is 12.9. The maximum absolute atomic E-state index is 12.7. The quantitative estimate of drug-likeness (QED) is 0.652. The third-order valence-electron chi connectivity index (χ3n) is 3.70. The molecule has 1 aromatic heterocycles. The molecule has 6 nitrogen and oxygen atoms in total. The molecule has 1 amide bonds. The largest absolute Gasteiger partial charge is 0.457 e. The van der Waals surface area contributed by atoms with Crippen LogP contribution < -0.4 is 14.8 Å². The first-order valence-corrected chi connectivity index (χ1v) is 10.4. The van der Waals surface area contributed by atoms with Crippen molar-refractivity contribution in [3.8, 4) is 11.5 Å². The zero-order chi connectivity index (χ0) is 19.4. The predicted molar refractivity (Wildman–Crippen MR) is 106 cm³/mol. The normalized spacial score (nSPS) is 11.0. The Morgan fingerprint density at radius 2 is 1.63 bits per heavy atom. The molecule has 3 rings (SSSR count). The molecule has 140 valence electrons. The summed E-state index contributed by atoms with van der Waals surface area (Å²) in [6.45, 7) is 1.67. The molecule has 27 heavy (non-hydrogen) atoms. The predicted octanol–water partition coefficient (Wildman–Crippen LogP) is 4.01. The van der Waals surface area contributed by atoms with Crippen molar-refractivity contribution in [1.82, 2.24) is 5.32 Å². The van der Waals surface area contributed by atoms with Crippen LogP contribution in [0.15, 0.2) is 65.6 Å². The summed E-state index contributed by atoms with van der Waals surface area (Å²) in [6, 6.07) is 17.3. The van der Waals surface area contributed by atoms with Gasteiger partial charge in [-0.25, -0.2) is 8.42 Å². The highest BCUT2D eigenvalue weighted by Gasteiger charge is 2.22. The SMILES string of the molecule is CNC(=O)c1cc(S(=O)(=O)Nc2ccc(Oc3ccccc3)cc2)c(C)s1. The summed E-state index contributed by atoms with van der Waals surface area (Å²) < 4.78 is 33.5. The monoisotopic (exact) mass is 402 g/mol. The van der Waals surface area contributed by atoms with E-state index in [-0.39, 0.29) is 10.8 Å². The minimum absolute atomic E-state index is 0.0933. The van der Waals surface area contributed by atoms with Gasteiger partial charge in [0.15, 0.2) is 0 Å². The molecule has 8 heteroatoms. The van der Waals surface area contributed by atoms with Crippen LogP contribution in [0.5, 0.6) is 11.5 Å². The van der Waals surface area contributed by atoms with Crippen LogP contribution >= 0.6 is 11.3 Å². The molecule has 2 N–H and O–H groups in total. The number of hydrogen-bond acceptors (Lipinski definition) is 5. The van der Waals surface area contributed by atoms with Crippen LogP contribution in [0.3, 0.4) is 0 Å². The summed E-state index contributed by atoms with van der Waals surface area (Å²) in [5.41, 5.74) is 0.405. The number of rotatable bonds is 6. The standard InChI is InChI=1S/C19H18N2O4S2/c1-13-18(12-17(26-13)19(22)20-2)27(23,24)21-14-8-10-16(11-9-14)25-15-6-4-3-5-7-15/h3-12,21H,1-2H3,(H,20,22). The molecule has 0 unspecified atom stereocenters. The molecule has 0 atom stereocenters. The van der Waals surface area contributed by atoms with Crippen LogP contribution in [0.4, 0.5) is 5.69 Å². The molecule has 0 aliphatic carbocycles. The Labute approximate surface area is 161 Å². The van der Waals surface area contributed by atoms with Crippen molar-refractivity contribution in [3.63, 3.8) is 0 Å². The number of benzene rings is 2. The van der Waals surface area contributed by atoms with E-state index in [0.29, 0.717) is 26.9 Å². The summed E-state index contributed by atoms with van der Waals surface area (Å²) >= 11 is 1.14. The minimum atomic E-state index is -3.80. The van der Waals surface area contributed by atoms with E-state index < -0.39 is 10.0 Å². The number of thiophene rings is 1. The van der Waals surface area contributed by atoms with Crippen molar-refractivity contribution in [1.29, 1.82) is 0 Å². The van der Waals surface area contributed by atoms with Crippen LogP contribution in [0.1, 0.15) is 14.5 Å². The Morgan fingerprint density at radius 3 is 2.26 bits per heavy atom. The number of ether oxygens (including phenoxy) is 1. The van der Waals surface area contributed by atoms with Gasteiger partial charge in [-0.1, -0.05) is 18.2 Å². The van der Waals surface area contributed by atoms with E-state index in [0.717, 1.165) is 11.3 Å². The first kappa shape index (κ1) is 18.9. The molecule has 0 aliphatic rings. The van der Waals surface area contributed by atoms with Crippen LogP contribution in [0.25, 0.3) is 0 Å². The topological polar surface area (TPSA) is 84.5 Å². The summed E-state index contributed by atoms with van der Waals surface area (Å²) in [5.74, 6) is 0.978. The Morgan fingerprint density at radius 1 is 1.00 bits per heavy atom. The fourth-order valence-electron chi connectivity index (χ4n) is 2.39. The van der Waals surface area contributed by atoms with Gasteiger partial charge in [-0.3, -0.25) is 9.52 Å². The number of hydrogen-bond donors (Lipinski definition) is 2. The van der Waals surface area contributed by atoms with Gasteiger partial charge >= 0.3 is 0 Å². The molecule has 1 heterocycles. The average molecular weight is 402 g/mol. The van der Waals surface area contributed by atoms with Gasteiger partial charge in [0.25, 0.3) is 15.9 Å². The number of anilines is 1. The summed E-state index contributed by atoms with van der Waals surface area (Å²) in [5, 5.41) is 2.49. The van der Waals surface area contributed by atoms with Gasteiger partial charge in [-0.2, -0.15) is 0 Å². The lowest BCUT2D eigenvalue weighted by atomic mass is 10.3. The lowest BCUT2D eigenvalue weighted by molar-refractivity contribution is 0.0967. The van der Waals surface area contributed by atoms with Crippen LogP contribution in [0.2, 0.25) is 0 Å². The minimum Gasteiger partial charge on any atom is -0.457 e. The number of para-hydroxylation sites is 1. The van der Waals surface area contributed by atoms with Crippen LogP contribution in [-0.4, -0.2) is 21.4 Å². The van der Waals surface area contributed by atoms with E-state index in [1.54, 1.807) is 31.2 Å². The van der Waals surface area contributed by atoms with Gasteiger partial charge in [0.2, 0.25) is 0 Å². The average Bonchev–Trinajstić information content (AvgIpc) is 3.06. The van der Waals surface area contributed by atoms with E-state index in [2.05, 4.69) is 10.0 Å². The second-order valence-electron chi connectivity index (χ2n) is 5.66. The van der Waals surface area contributed by atoms with Crippen molar-refractivity contribution in [3.05, 3.63) is 70.4 Å². The molecule has 0 fully saturated rings. The number of nitrogens with one attached hydrogen (secondary N) is 2. The highest BCUT2D eigenvalue weighted by Crippen LogP contribution is 2.28. The molecule has 0 saturated carbocycles. The fourth-order valence-corrected chi connectivity index (χ4v) is 4.99. The third kappa shape index (κ3) is 4.47. The lowest BCUT2D eigenvalue weighted by Gasteiger charge is -2.09. The summed E-state index contributed by atoms with van der Waals surface area (Å²) in [7, 11) is -2.29. The van der Waals surface area contributed by atoms with E-state index >= 15 is 0 Å². The van der Waals surface area contributed by atoms with Crippen molar-refractivity contribution >= 4 is 33.0 Å². The van der Waals surface area contributed by atoms with Crippen molar-refractivity contribution < 1.29 is 17.9 Å². The molecule has 0 radical (unpaired) electrons. The second-order valence-corrected chi connectivity index (χ2v) is 8.56. The maximum atomic E-state index is 12.7. The van der Waals surface area contributed by atoms with E-state index in [1.807, 2.05) is 30.3 Å². The van der Waals surface area contributed by atoms with E-state index in [9.17, 15) is 13.2 Å². The van der Waals surface area contributed by atoms with Crippen molar-refractivity contribution in [2.75, 3.05) is 11.8 Å². The van der Waals surface area contributed by atoms with Gasteiger partial charge in [-0.05, 0) is 49.4 Å². The molecular formula is C19H18N2O4S2. The number of amides is 1. The van der Waals surface area contributed by atoms with Gasteiger partial charge in [0, 0.05) is 17.6 Å². The van der Waals surface area contributed by atoms with Gasteiger partial charge in [0.05, 0.1) is 4.88 Å². The highest BCUT2D eigenvalue weighted by atomic mass is 32.2. The lowest BCUT2D eigenvalue weighted by Crippen LogP contribution is -2.16. The Bertz CT molecular complexity index is 1040. The molecular weight excluding hydrogens is 384 g/mol. The molecule has 3 aromatic rings. The molecule has 0 bridgehead atoms. The Kier molecular flexibility index (Phi) is 5.48. The zero-order valence-corrected chi connectivity index (χ0v) is 16.4. The highest BCUT2D eigenvalue weighted by molar-refractivity contribution is 7.93. The molecule has 0 aliphatic heterocycles. The number of aryl methyl sites for hydroxylation is 1. The fraction of sp³-hybridized carbons (Fsp3) is 0.105. The van der Waals surface area contributed by atoms with Crippen molar-refractivity contribution in [2.45, 2.75) is 11.8 Å². The smallest absolute Gasteiger partial charge is 0.263 e. The maximum Gasteiger partial charge on any atom is 0.263 e. The number of carbonyl (C=O) groups excluding carboxylic acids is 1. The second kappa shape index (κ2) is 7.81. The number of carbonyl (C=O) groups is 1. The summed E-state index contributed by atoms with van der Waals surface area (Å²) in [4.78, 5) is 12.7. The Hall–Kier alpha value is -2.84.